The van der Waals surface area contributed by atoms with Crippen LogP contribution in [0.2, 0.25) is 0 Å². The fraction of sp³-hybridized carbons (Fsp3) is 0.917. The Labute approximate surface area is 100 Å². The van der Waals surface area contributed by atoms with Crippen molar-refractivity contribution in [2.75, 3.05) is 0 Å². The zero-order chi connectivity index (χ0) is 12.5. The number of carboxylic acid groups (broad SMARTS) is 1. The number of hydrogen-bond acceptors (Lipinski definition) is 2. The normalized spacial score (nSPS) is 33.4. The Kier molecular flexibility index (Phi) is 4.16. The quantitative estimate of drug-likeness (QED) is 0.832. The summed E-state index contributed by atoms with van der Waals surface area (Å²) in [6.45, 7) is 7.45. The van der Waals surface area contributed by atoms with Crippen molar-refractivity contribution in [3.05, 3.63) is 0 Å². The highest BCUT2D eigenvalue weighted by atomic mass is 32.2. The molecular formula is C12H22O3S. The lowest BCUT2D eigenvalue weighted by Gasteiger charge is -2.34. The van der Waals surface area contributed by atoms with Gasteiger partial charge in [0.2, 0.25) is 0 Å². The average molecular weight is 246 g/mol. The van der Waals surface area contributed by atoms with Gasteiger partial charge in [0, 0.05) is 16.0 Å². The fourth-order valence-electron chi connectivity index (χ4n) is 2.55. The minimum absolute atomic E-state index is 0.0462. The molecule has 1 aliphatic rings. The molecule has 4 heteroatoms. The van der Waals surface area contributed by atoms with Gasteiger partial charge in [-0.2, -0.15) is 0 Å². The summed E-state index contributed by atoms with van der Waals surface area (Å²) >= 11 is 0. The van der Waals surface area contributed by atoms with Gasteiger partial charge in [0.05, 0.1) is 0 Å². The molecule has 0 aliphatic heterocycles. The van der Waals surface area contributed by atoms with E-state index in [4.69, 9.17) is 5.11 Å². The molecule has 16 heavy (non-hydrogen) atoms. The van der Waals surface area contributed by atoms with Gasteiger partial charge >= 0.3 is 5.97 Å². The molecular weight excluding hydrogens is 224 g/mol. The van der Waals surface area contributed by atoms with E-state index in [1.54, 1.807) is 13.8 Å². The molecule has 0 amide bonds. The monoisotopic (exact) mass is 246 g/mol. The van der Waals surface area contributed by atoms with E-state index in [9.17, 15) is 9.00 Å². The van der Waals surface area contributed by atoms with Crippen LogP contribution in [-0.4, -0.2) is 25.3 Å². The number of hydrogen-bond donors (Lipinski definition) is 1. The molecule has 0 aromatic carbocycles. The summed E-state index contributed by atoms with van der Waals surface area (Å²) in [5.74, 6) is 0.154. The van der Waals surface area contributed by atoms with Crippen LogP contribution in [0.25, 0.3) is 0 Å². The zero-order valence-electron chi connectivity index (χ0n) is 10.5. The zero-order valence-corrected chi connectivity index (χ0v) is 11.3. The Morgan fingerprint density at radius 1 is 1.19 bits per heavy atom. The van der Waals surface area contributed by atoms with Crippen molar-refractivity contribution < 1.29 is 14.1 Å². The Balaban J connectivity index is 2.77. The summed E-state index contributed by atoms with van der Waals surface area (Å²) < 4.78 is 11.2. The minimum atomic E-state index is -1.29. The number of carbonyl (C=O) groups is 1. The van der Waals surface area contributed by atoms with Crippen LogP contribution in [0.5, 0.6) is 0 Å². The summed E-state index contributed by atoms with van der Waals surface area (Å²) in [6.07, 6.45) is 2.96. The molecule has 1 fully saturated rings. The first-order chi connectivity index (χ1) is 7.25. The third kappa shape index (κ3) is 2.84. The number of aliphatic carboxylic acids is 1. The van der Waals surface area contributed by atoms with E-state index in [1.165, 1.54) is 6.42 Å². The van der Waals surface area contributed by atoms with Gasteiger partial charge in [-0.1, -0.05) is 13.8 Å². The lowest BCUT2D eigenvalue weighted by Crippen LogP contribution is -2.43. The molecule has 94 valence electrons. The standard InChI is InChI=1S/C12H22O3S/c1-8-5-9(2)7-10(6-8)16(15)12(3,4)11(13)14/h8-10H,5-7H2,1-4H3,(H,13,14). The lowest BCUT2D eigenvalue weighted by molar-refractivity contribution is -0.139. The fourth-order valence-corrected chi connectivity index (χ4v) is 4.56. The molecule has 3 atom stereocenters. The molecule has 3 unspecified atom stereocenters. The summed E-state index contributed by atoms with van der Waals surface area (Å²) in [5, 5.41) is 9.13. The maximum Gasteiger partial charge on any atom is 0.321 e. The maximum atomic E-state index is 12.3. The predicted octanol–water partition coefficient (Wildman–Crippen LogP) is 2.42. The summed E-state index contributed by atoms with van der Waals surface area (Å²) in [5.41, 5.74) is 0. The van der Waals surface area contributed by atoms with Crippen molar-refractivity contribution in [2.24, 2.45) is 11.8 Å². The molecule has 0 radical (unpaired) electrons. The second-order valence-electron chi connectivity index (χ2n) is 5.65. The highest BCUT2D eigenvalue weighted by Crippen LogP contribution is 2.34. The van der Waals surface area contributed by atoms with Crippen LogP contribution in [0.3, 0.4) is 0 Å². The molecule has 1 N–H and O–H groups in total. The first-order valence-electron chi connectivity index (χ1n) is 5.89. The van der Waals surface area contributed by atoms with Crippen LogP contribution in [0.4, 0.5) is 0 Å². The van der Waals surface area contributed by atoms with Gasteiger partial charge in [-0.15, -0.1) is 0 Å². The van der Waals surface area contributed by atoms with E-state index in [0.717, 1.165) is 12.8 Å². The summed E-state index contributed by atoms with van der Waals surface area (Å²) in [7, 11) is -1.29. The van der Waals surface area contributed by atoms with Gasteiger partial charge in [0.1, 0.15) is 4.75 Å². The molecule has 0 saturated heterocycles. The predicted molar refractivity (Wildman–Crippen MR) is 65.8 cm³/mol. The van der Waals surface area contributed by atoms with Crippen molar-refractivity contribution in [2.45, 2.75) is 57.0 Å². The molecule has 1 aliphatic carbocycles. The Bertz CT molecular complexity index is 289. The number of carboxylic acids is 1. The third-order valence-electron chi connectivity index (χ3n) is 3.46. The van der Waals surface area contributed by atoms with Crippen LogP contribution in [-0.2, 0) is 15.6 Å². The van der Waals surface area contributed by atoms with Crippen molar-refractivity contribution in [3.8, 4) is 0 Å². The van der Waals surface area contributed by atoms with Crippen molar-refractivity contribution in [3.63, 3.8) is 0 Å². The van der Waals surface area contributed by atoms with Gasteiger partial charge < -0.3 is 5.11 Å². The minimum Gasteiger partial charge on any atom is -0.480 e. The van der Waals surface area contributed by atoms with Gasteiger partial charge in [-0.05, 0) is 44.9 Å². The molecule has 3 nitrogen and oxygen atoms in total. The van der Waals surface area contributed by atoms with E-state index in [0.29, 0.717) is 11.8 Å². The first-order valence-corrected chi connectivity index (χ1v) is 7.10. The van der Waals surface area contributed by atoms with Crippen molar-refractivity contribution in [1.82, 2.24) is 0 Å². The number of rotatable bonds is 3. The topological polar surface area (TPSA) is 54.4 Å². The molecule has 0 aromatic heterocycles. The van der Waals surface area contributed by atoms with Crippen molar-refractivity contribution in [1.29, 1.82) is 0 Å². The van der Waals surface area contributed by atoms with Crippen LogP contribution in [0, 0.1) is 11.8 Å². The van der Waals surface area contributed by atoms with Gasteiger partial charge in [0.25, 0.3) is 0 Å². The second kappa shape index (κ2) is 4.86. The molecule has 1 saturated carbocycles. The van der Waals surface area contributed by atoms with Crippen LogP contribution >= 0.6 is 0 Å². The van der Waals surface area contributed by atoms with Crippen LogP contribution in [0.15, 0.2) is 0 Å². The average Bonchev–Trinajstić information content (AvgIpc) is 2.14. The smallest absolute Gasteiger partial charge is 0.321 e. The highest BCUT2D eigenvalue weighted by molar-refractivity contribution is 7.87. The first kappa shape index (κ1) is 13.7. The van der Waals surface area contributed by atoms with Crippen molar-refractivity contribution >= 4 is 16.8 Å². The Morgan fingerprint density at radius 3 is 2.00 bits per heavy atom. The van der Waals surface area contributed by atoms with E-state index in [2.05, 4.69) is 13.8 Å². The van der Waals surface area contributed by atoms with E-state index < -0.39 is 21.5 Å². The van der Waals surface area contributed by atoms with E-state index >= 15 is 0 Å². The van der Waals surface area contributed by atoms with Crippen LogP contribution < -0.4 is 0 Å². The molecule has 0 spiro atoms. The Morgan fingerprint density at radius 2 is 1.62 bits per heavy atom. The van der Waals surface area contributed by atoms with Crippen LogP contribution in [0.1, 0.15) is 47.0 Å². The van der Waals surface area contributed by atoms with Gasteiger partial charge in [-0.3, -0.25) is 9.00 Å². The second-order valence-corrected chi connectivity index (χ2v) is 7.93. The molecule has 1 rings (SSSR count). The molecule has 0 bridgehead atoms. The maximum absolute atomic E-state index is 12.3. The Hall–Kier alpha value is -0.380. The van der Waals surface area contributed by atoms with Gasteiger partial charge in [0.15, 0.2) is 0 Å². The molecule has 0 aromatic rings. The van der Waals surface area contributed by atoms with E-state index in [-0.39, 0.29) is 5.25 Å². The third-order valence-corrected chi connectivity index (χ3v) is 5.63. The lowest BCUT2D eigenvalue weighted by atomic mass is 9.83. The SMILES string of the molecule is CC1CC(C)CC(S(=O)C(C)(C)C(=O)O)C1. The highest BCUT2D eigenvalue weighted by Gasteiger charge is 2.40. The van der Waals surface area contributed by atoms with E-state index in [1.807, 2.05) is 0 Å². The summed E-state index contributed by atoms with van der Waals surface area (Å²) in [4.78, 5) is 11.1. The van der Waals surface area contributed by atoms with Gasteiger partial charge in [-0.25, -0.2) is 0 Å². The largest absolute Gasteiger partial charge is 0.480 e. The molecule has 0 heterocycles. The summed E-state index contributed by atoms with van der Waals surface area (Å²) in [6, 6.07) is 0.